The van der Waals surface area contributed by atoms with Crippen molar-refractivity contribution in [1.29, 1.82) is 0 Å². The molecule has 0 amide bonds. The van der Waals surface area contributed by atoms with E-state index in [1.807, 2.05) is 21.9 Å². The second-order valence-corrected chi connectivity index (χ2v) is 3.66. The Balaban J connectivity index is -0.000000450. The summed E-state index contributed by atoms with van der Waals surface area (Å²) in [6.45, 7) is 0. The maximum atomic E-state index is 10.6. The highest BCUT2D eigenvalue weighted by atomic mass is 16.9. The van der Waals surface area contributed by atoms with E-state index in [4.69, 9.17) is 61.3 Å². The van der Waals surface area contributed by atoms with E-state index >= 15 is 0 Å². The van der Waals surface area contributed by atoms with Gasteiger partial charge in [-0.05, 0) is 0 Å². The molecule has 0 bridgehead atoms. The van der Waals surface area contributed by atoms with Gasteiger partial charge in [0, 0.05) is 0 Å². The molecule has 0 aromatic carbocycles. The van der Waals surface area contributed by atoms with Gasteiger partial charge in [-0.15, -0.1) is 20.4 Å². The van der Waals surface area contributed by atoms with Crippen molar-refractivity contribution in [2.24, 2.45) is 66.7 Å². The highest BCUT2D eigenvalue weighted by molar-refractivity contribution is 5.80. The number of carbonyl (C=O) groups is 3. The zero-order chi connectivity index (χ0) is 25.5. The van der Waals surface area contributed by atoms with Gasteiger partial charge in [0.1, 0.15) is 0 Å². The molecule has 0 saturated carbocycles. The van der Waals surface area contributed by atoms with Gasteiger partial charge in [0.15, 0.2) is 0 Å². The molecule has 0 aliphatic rings. The minimum Gasteiger partial charge on any atom is -0.450 e. The van der Waals surface area contributed by atoms with Gasteiger partial charge in [0.25, 0.3) is 0 Å². The summed E-state index contributed by atoms with van der Waals surface area (Å²) in [4.78, 5) is 46.3. The van der Waals surface area contributed by atoms with Crippen molar-refractivity contribution in [3.8, 4) is 0 Å². The molecular formula is C7H22N16O9. The summed E-state index contributed by atoms with van der Waals surface area (Å²) in [6.07, 6.45) is -4.22. The number of hydrogen-bond donors (Lipinski definition) is 14. The number of carbonyl (C=O) groups excluding carboxylic acids is 2. The predicted octanol–water partition coefficient (Wildman–Crippen LogP) is -6.73. The normalized spacial score (nSPS) is 11.0. The average molecular weight is 474 g/mol. The summed E-state index contributed by atoms with van der Waals surface area (Å²) in [5, 5.41) is 25.7. The predicted molar refractivity (Wildman–Crippen MR) is 102 cm³/mol. The molecule has 0 heterocycles. The minimum atomic E-state index is -1.83. The van der Waals surface area contributed by atoms with Crippen molar-refractivity contribution in [2.75, 3.05) is 0 Å². The summed E-state index contributed by atoms with van der Waals surface area (Å²) in [6, 6.07) is 0. The van der Waals surface area contributed by atoms with Crippen LogP contribution in [0.2, 0.25) is 0 Å². The molecule has 184 valence electrons. The molecule has 0 rings (SSSR count). The number of hydrogen-bond acceptors (Lipinski definition) is 15. The Labute approximate surface area is 176 Å². The van der Waals surface area contributed by atoms with Crippen LogP contribution < -0.4 is 68.2 Å². The first-order valence-corrected chi connectivity index (χ1v) is 6.77. The first kappa shape index (κ1) is 30.8. The molecule has 0 atom stereocenters. The quantitative estimate of drug-likeness (QED) is 0.0670. The van der Waals surface area contributed by atoms with Crippen molar-refractivity contribution in [2.45, 2.75) is 0 Å². The third kappa shape index (κ3) is 26.3. The van der Waals surface area contributed by atoms with Gasteiger partial charge < -0.3 is 75.9 Å². The third-order valence-electron chi connectivity index (χ3n) is 1.51. The number of guanidine groups is 4. The fourth-order valence-electron chi connectivity index (χ4n) is 0.523. The van der Waals surface area contributed by atoms with Gasteiger partial charge in [-0.1, -0.05) is 0 Å². The van der Waals surface area contributed by atoms with Gasteiger partial charge in [-0.25, -0.2) is 4.79 Å². The number of hydrazone groups is 4. The molecule has 0 aliphatic heterocycles. The monoisotopic (exact) mass is 474 g/mol. The average Bonchev–Trinajstić information content (AvgIpc) is 2.77. The number of rotatable bonds is 0. The van der Waals surface area contributed by atoms with Crippen LogP contribution in [0.1, 0.15) is 0 Å². The van der Waals surface area contributed by atoms with Crippen LogP contribution in [0.5, 0.6) is 0 Å². The van der Waals surface area contributed by atoms with E-state index in [1.165, 1.54) is 0 Å². The highest BCUT2D eigenvalue weighted by Crippen LogP contribution is 1.77. The first-order valence-electron chi connectivity index (χ1n) is 6.77. The van der Waals surface area contributed by atoms with Crippen molar-refractivity contribution in [1.82, 2.24) is 21.9 Å². The van der Waals surface area contributed by atoms with Gasteiger partial charge in [0.2, 0.25) is 23.8 Å². The molecule has 0 unspecified atom stereocenters. The summed E-state index contributed by atoms with van der Waals surface area (Å²) >= 11 is 0. The minimum absolute atomic E-state index is 0.317. The summed E-state index contributed by atoms with van der Waals surface area (Å²) in [7, 11) is 0. The highest BCUT2D eigenvalue weighted by Gasteiger charge is 2.06. The van der Waals surface area contributed by atoms with Gasteiger partial charge in [-0.3, -0.25) is 0 Å². The van der Waals surface area contributed by atoms with E-state index in [0.29, 0.717) is 0 Å². The Morgan fingerprint density at radius 2 is 0.688 bits per heavy atom. The Bertz CT molecular complexity index is 587. The molecule has 0 radical (unpaired) electrons. The molecule has 0 aromatic heterocycles. The molecule has 0 saturated heterocycles. The van der Waals surface area contributed by atoms with Crippen LogP contribution >= 0.6 is 0 Å². The van der Waals surface area contributed by atoms with Gasteiger partial charge in [-0.2, -0.15) is 31.5 Å². The smallest absolute Gasteiger partial charge is 0.450 e. The van der Waals surface area contributed by atoms with Crippen LogP contribution in [0.25, 0.3) is 0 Å². The molecule has 25 nitrogen and oxygen atoms in total. The number of hydroxylamine groups is 4. The van der Waals surface area contributed by atoms with E-state index in [9.17, 15) is 9.59 Å². The Kier molecular flexibility index (Phi) is 19.1. The maximum absolute atomic E-state index is 10.6. The van der Waals surface area contributed by atoms with Crippen LogP contribution in [-0.4, -0.2) is 52.5 Å². The Morgan fingerprint density at radius 3 is 0.812 bits per heavy atom. The molecule has 0 aliphatic carbocycles. The lowest BCUT2D eigenvalue weighted by atomic mass is 11.1. The number of carboxylic acid groups (broad SMARTS) is 2. The SMILES string of the molecule is NN=C(N)NOC(=O)ONC(N)=NN.NN=C(N)NOC(=O)ONC(N)=NN.O=C(O)O. The Morgan fingerprint density at radius 1 is 0.531 bits per heavy atom. The second kappa shape index (κ2) is 19.8. The fourth-order valence-corrected chi connectivity index (χ4v) is 0.523. The molecule has 25 heteroatoms. The number of nitrogens with zero attached hydrogens (tertiary/aromatic N) is 4. The van der Waals surface area contributed by atoms with E-state index in [2.05, 4.69) is 39.8 Å². The lowest BCUT2D eigenvalue weighted by molar-refractivity contribution is 0.0171. The van der Waals surface area contributed by atoms with Crippen LogP contribution in [0.3, 0.4) is 0 Å². The van der Waals surface area contributed by atoms with Crippen molar-refractivity contribution >= 4 is 42.3 Å². The van der Waals surface area contributed by atoms with Gasteiger partial charge >= 0.3 is 18.5 Å². The van der Waals surface area contributed by atoms with Crippen molar-refractivity contribution in [3.05, 3.63) is 0 Å². The standard InChI is InChI=1S/2C3H10N8O3.CH2O3/c2*4-1(8-6)10-13-3(12)14-11-2(5)9-7;2-1(3)4/h2*6-7H2,(H3,4,8,10)(H3,5,9,11);(H2,2,3,4). The molecular weight excluding hydrogens is 452 g/mol. The van der Waals surface area contributed by atoms with Crippen molar-refractivity contribution in [3.63, 3.8) is 0 Å². The van der Waals surface area contributed by atoms with Crippen LogP contribution in [0, 0.1) is 0 Å². The molecule has 0 spiro atoms. The number of nitrogens with one attached hydrogen (secondary N) is 4. The lowest BCUT2D eigenvalue weighted by Gasteiger charge is -2.05. The topological polar surface area (TPSA) is 434 Å². The van der Waals surface area contributed by atoms with E-state index in [0.717, 1.165) is 0 Å². The fraction of sp³-hybridized carbons (Fsp3) is 0. The zero-order valence-corrected chi connectivity index (χ0v) is 15.7. The number of nitrogens with two attached hydrogens (primary N) is 8. The molecule has 22 N–H and O–H groups in total. The molecule has 32 heavy (non-hydrogen) atoms. The third-order valence-corrected chi connectivity index (χ3v) is 1.51. The van der Waals surface area contributed by atoms with E-state index in [-0.39, 0.29) is 23.8 Å². The lowest BCUT2D eigenvalue weighted by Crippen LogP contribution is -2.39. The Hall–Kier alpha value is -5.91. The van der Waals surface area contributed by atoms with Crippen LogP contribution in [-0.2, 0) is 19.4 Å². The van der Waals surface area contributed by atoms with E-state index < -0.39 is 18.5 Å². The first-order chi connectivity index (χ1) is 14.9. The summed E-state index contributed by atoms with van der Waals surface area (Å²) in [5.41, 5.74) is 27.4. The summed E-state index contributed by atoms with van der Waals surface area (Å²) < 4.78 is 0. The molecule has 0 aromatic rings. The van der Waals surface area contributed by atoms with Gasteiger partial charge in [0.05, 0.1) is 0 Å². The summed E-state index contributed by atoms with van der Waals surface area (Å²) in [5.74, 6) is 17.5. The maximum Gasteiger partial charge on any atom is 0.558 e. The van der Waals surface area contributed by atoms with Crippen LogP contribution in [0.15, 0.2) is 20.4 Å². The second-order valence-electron chi connectivity index (χ2n) is 3.66. The molecule has 0 fully saturated rings. The largest absolute Gasteiger partial charge is 0.558 e. The van der Waals surface area contributed by atoms with Crippen molar-refractivity contribution < 1.29 is 43.9 Å². The van der Waals surface area contributed by atoms with Crippen LogP contribution in [0.4, 0.5) is 14.4 Å². The van der Waals surface area contributed by atoms with E-state index in [1.54, 1.807) is 0 Å². The zero-order valence-electron chi connectivity index (χ0n) is 15.7.